The highest BCUT2D eigenvalue weighted by molar-refractivity contribution is 6.22. The zero-order chi connectivity index (χ0) is 29.3. The summed E-state index contributed by atoms with van der Waals surface area (Å²) in [5.41, 5.74) is 12.4. The third-order valence-corrected chi connectivity index (χ3v) is 8.69. The van der Waals surface area contributed by atoms with Gasteiger partial charge in [-0.3, -0.25) is 0 Å². The van der Waals surface area contributed by atoms with Gasteiger partial charge in [-0.25, -0.2) is 0 Å². The second-order valence-electron chi connectivity index (χ2n) is 11.2. The van der Waals surface area contributed by atoms with Crippen LogP contribution in [0.5, 0.6) is 0 Å². The quantitative estimate of drug-likeness (QED) is 0.184. The maximum absolute atomic E-state index is 2.42. The van der Waals surface area contributed by atoms with Crippen molar-refractivity contribution in [1.29, 1.82) is 0 Å². The molecule has 0 atom stereocenters. The summed E-state index contributed by atoms with van der Waals surface area (Å²) in [6, 6.07) is 65.9. The summed E-state index contributed by atoms with van der Waals surface area (Å²) in [6.45, 7) is 0. The van der Waals surface area contributed by atoms with Crippen molar-refractivity contribution in [2.24, 2.45) is 0 Å². The van der Waals surface area contributed by atoms with Crippen molar-refractivity contribution in [3.05, 3.63) is 182 Å². The zero-order valence-electron chi connectivity index (χ0n) is 24.3. The molecule has 0 aliphatic rings. The third-order valence-electron chi connectivity index (χ3n) is 8.69. The molecule has 0 aromatic heterocycles. The van der Waals surface area contributed by atoms with Crippen LogP contribution in [-0.4, -0.2) is 0 Å². The van der Waals surface area contributed by atoms with E-state index in [1.54, 1.807) is 0 Å². The minimum absolute atomic E-state index is 1.21. The van der Waals surface area contributed by atoms with Gasteiger partial charge in [-0.1, -0.05) is 176 Å². The van der Waals surface area contributed by atoms with Crippen LogP contribution in [0.25, 0.3) is 77.2 Å². The highest BCUT2D eigenvalue weighted by Crippen LogP contribution is 2.47. The average Bonchev–Trinajstić information content (AvgIpc) is 3.11. The van der Waals surface area contributed by atoms with Gasteiger partial charge in [0.1, 0.15) is 0 Å². The maximum Gasteiger partial charge on any atom is -0.00199 e. The van der Waals surface area contributed by atoms with Crippen molar-refractivity contribution in [3.63, 3.8) is 0 Å². The lowest BCUT2D eigenvalue weighted by atomic mass is 9.82. The van der Waals surface area contributed by atoms with Crippen LogP contribution in [0.1, 0.15) is 0 Å². The Bertz CT molecular complexity index is 2190. The summed E-state index contributed by atoms with van der Waals surface area (Å²) >= 11 is 0. The molecule has 0 aliphatic carbocycles. The van der Waals surface area contributed by atoms with Crippen molar-refractivity contribution in [1.82, 2.24) is 0 Å². The molecule has 206 valence electrons. The Morgan fingerprint density at radius 2 is 0.568 bits per heavy atom. The summed E-state index contributed by atoms with van der Waals surface area (Å²) in [7, 11) is 0. The normalized spacial score (nSPS) is 11.2. The Balaban J connectivity index is 1.48. The SMILES string of the molecule is c1ccc(-c2ccccc2-c2ccc(-c3ccccc3)c(-c3c4ccccc4c(-c4ccccc4)c4ccccc34)c2)cc1. The first-order chi connectivity index (χ1) is 21.9. The third kappa shape index (κ3) is 4.49. The molecule has 0 saturated carbocycles. The first-order valence-electron chi connectivity index (χ1n) is 15.2. The molecule has 0 radical (unpaired) electrons. The van der Waals surface area contributed by atoms with Crippen LogP contribution in [0.3, 0.4) is 0 Å². The molecule has 0 bridgehead atoms. The minimum Gasteiger partial charge on any atom is -0.0622 e. The van der Waals surface area contributed by atoms with Crippen LogP contribution in [0.15, 0.2) is 182 Å². The molecule has 0 aliphatic heterocycles. The van der Waals surface area contributed by atoms with Gasteiger partial charge in [0, 0.05) is 0 Å². The lowest BCUT2D eigenvalue weighted by Gasteiger charge is -2.21. The van der Waals surface area contributed by atoms with Crippen molar-refractivity contribution in [2.75, 3.05) is 0 Å². The maximum atomic E-state index is 2.42. The van der Waals surface area contributed by atoms with E-state index in [9.17, 15) is 0 Å². The number of hydrogen-bond donors (Lipinski definition) is 0. The fourth-order valence-corrected chi connectivity index (χ4v) is 6.73. The van der Waals surface area contributed by atoms with E-state index in [4.69, 9.17) is 0 Å². The number of fused-ring (bicyclic) bond motifs is 2. The summed E-state index contributed by atoms with van der Waals surface area (Å²) in [4.78, 5) is 0. The highest BCUT2D eigenvalue weighted by atomic mass is 14.2. The molecule has 44 heavy (non-hydrogen) atoms. The molecule has 8 rings (SSSR count). The predicted octanol–water partition coefficient (Wildman–Crippen LogP) is 12.3. The average molecular weight is 559 g/mol. The number of hydrogen-bond acceptors (Lipinski definition) is 0. The molecule has 8 aromatic rings. The first kappa shape index (κ1) is 25.9. The molecule has 0 heterocycles. The minimum atomic E-state index is 1.21. The van der Waals surface area contributed by atoms with E-state index in [-0.39, 0.29) is 0 Å². The number of benzene rings is 8. The Labute approximate surface area is 258 Å². The van der Waals surface area contributed by atoms with Crippen LogP contribution >= 0.6 is 0 Å². The van der Waals surface area contributed by atoms with E-state index in [2.05, 4.69) is 182 Å². The van der Waals surface area contributed by atoms with Crippen molar-refractivity contribution < 1.29 is 0 Å². The Morgan fingerprint density at radius 3 is 1.07 bits per heavy atom. The predicted molar refractivity (Wildman–Crippen MR) is 189 cm³/mol. The van der Waals surface area contributed by atoms with Gasteiger partial charge < -0.3 is 0 Å². The Kier molecular flexibility index (Phi) is 6.59. The van der Waals surface area contributed by atoms with Crippen LogP contribution in [0, 0.1) is 0 Å². The van der Waals surface area contributed by atoms with Gasteiger partial charge in [0.2, 0.25) is 0 Å². The van der Waals surface area contributed by atoms with Gasteiger partial charge in [0.05, 0.1) is 0 Å². The molecule has 0 saturated heterocycles. The van der Waals surface area contributed by atoms with Gasteiger partial charge >= 0.3 is 0 Å². The van der Waals surface area contributed by atoms with Crippen LogP contribution in [0.4, 0.5) is 0 Å². The molecule has 0 unspecified atom stereocenters. The lowest BCUT2D eigenvalue weighted by molar-refractivity contribution is 1.56. The molecule has 0 amide bonds. The van der Waals surface area contributed by atoms with Crippen molar-refractivity contribution >= 4 is 21.5 Å². The molecule has 0 N–H and O–H groups in total. The van der Waals surface area contributed by atoms with Gasteiger partial charge in [0.25, 0.3) is 0 Å². The molecule has 0 heteroatoms. The second-order valence-corrected chi connectivity index (χ2v) is 11.2. The van der Waals surface area contributed by atoms with E-state index >= 15 is 0 Å². The molecular formula is C44H30. The summed E-state index contributed by atoms with van der Waals surface area (Å²) in [6.07, 6.45) is 0. The fraction of sp³-hybridized carbons (Fsp3) is 0. The Hall–Kier alpha value is -5.72. The summed E-state index contributed by atoms with van der Waals surface area (Å²) in [5, 5.41) is 5.05. The Morgan fingerprint density at radius 1 is 0.205 bits per heavy atom. The summed E-state index contributed by atoms with van der Waals surface area (Å²) in [5.74, 6) is 0. The van der Waals surface area contributed by atoms with E-state index in [1.807, 2.05) is 0 Å². The monoisotopic (exact) mass is 558 g/mol. The highest BCUT2D eigenvalue weighted by Gasteiger charge is 2.20. The molecule has 0 nitrogen and oxygen atoms in total. The second kappa shape index (κ2) is 11.2. The summed E-state index contributed by atoms with van der Waals surface area (Å²) < 4.78 is 0. The van der Waals surface area contributed by atoms with Crippen molar-refractivity contribution in [2.45, 2.75) is 0 Å². The van der Waals surface area contributed by atoms with Crippen LogP contribution in [-0.2, 0) is 0 Å². The first-order valence-corrected chi connectivity index (χ1v) is 15.2. The van der Waals surface area contributed by atoms with E-state index < -0.39 is 0 Å². The standard InChI is InChI=1S/C44H30/c1-4-16-31(17-5-1)35-22-10-11-23-36(35)34-28-29-37(32-18-6-2-7-19-32)42(30-34)44-40-26-14-12-24-38(40)43(33-20-8-3-9-21-33)39-25-13-15-27-41(39)44/h1-30H. The van der Waals surface area contributed by atoms with E-state index in [0.717, 1.165) is 0 Å². The van der Waals surface area contributed by atoms with Crippen LogP contribution < -0.4 is 0 Å². The topological polar surface area (TPSA) is 0 Å². The van der Waals surface area contributed by atoms with Crippen molar-refractivity contribution in [3.8, 4) is 55.6 Å². The van der Waals surface area contributed by atoms with Gasteiger partial charge in [-0.05, 0) is 83.2 Å². The van der Waals surface area contributed by atoms with Gasteiger partial charge in [-0.15, -0.1) is 0 Å². The molecular weight excluding hydrogens is 528 g/mol. The van der Waals surface area contributed by atoms with Gasteiger partial charge in [0.15, 0.2) is 0 Å². The molecule has 0 spiro atoms. The van der Waals surface area contributed by atoms with Gasteiger partial charge in [-0.2, -0.15) is 0 Å². The lowest BCUT2D eigenvalue weighted by Crippen LogP contribution is -1.94. The fourth-order valence-electron chi connectivity index (χ4n) is 6.73. The smallest absolute Gasteiger partial charge is 0.00199 e. The molecule has 0 fully saturated rings. The zero-order valence-corrected chi connectivity index (χ0v) is 24.3. The van der Waals surface area contributed by atoms with E-state index in [1.165, 1.54) is 77.2 Å². The van der Waals surface area contributed by atoms with Crippen LogP contribution in [0.2, 0.25) is 0 Å². The molecule has 8 aromatic carbocycles. The number of rotatable bonds is 5. The largest absolute Gasteiger partial charge is 0.0622 e. The van der Waals surface area contributed by atoms with E-state index in [0.29, 0.717) is 0 Å².